The summed E-state index contributed by atoms with van der Waals surface area (Å²) in [5, 5.41) is 6.23. The molecule has 6 nitrogen and oxygen atoms in total. The number of allylic oxidation sites excluding steroid dienone is 2. The SMILES string of the molecule is CCOC(=O)/C=C(/C)NCCCN/C(C)=C\C(=O)OCC. The summed E-state index contributed by atoms with van der Waals surface area (Å²) >= 11 is 0. The molecule has 0 saturated carbocycles. The second-order valence-electron chi connectivity index (χ2n) is 4.37. The van der Waals surface area contributed by atoms with E-state index in [-0.39, 0.29) is 11.9 Å². The molecule has 0 saturated heterocycles. The Labute approximate surface area is 126 Å². The van der Waals surface area contributed by atoms with Gasteiger partial charge < -0.3 is 20.1 Å². The lowest BCUT2D eigenvalue weighted by atomic mass is 10.3. The Bertz CT molecular complexity index is 353. The maximum absolute atomic E-state index is 11.2. The van der Waals surface area contributed by atoms with Crippen LogP contribution in [0.15, 0.2) is 23.5 Å². The van der Waals surface area contributed by atoms with Crippen LogP contribution in [-0.2, 0) is 19.1 Å². The van der Waals surface area contributed by atoms with E-state index in [1.165, 1.54) is 12.2 Å². The molecule has 0 heterocycles. The molecule has 0 spiro atoms. The average Bonchev–Trinajstić information content (AvgIpc) is 2.38. The van der Waals surface area contributed by atoms with Gasteiger partial charge in [-0.1, -0.05) is 0 Å². The van der Waals surface area contributed by atoms with Crippen LogP contribution in [0.2, 0.25) is 0 Å². The van der Waals surface area contributed by atoms with Crippen LogP contribution in [0.1, 0.15) is 34.1 Å². The van der Waals surface area contributed by atoms with Gasteiger partial charge in [-0.25, -0.2) is 9.59 Å². The summed E-state index contributed by atoms with van der Waals surface area (Å²) in [7, 11) is 0. The van der Waals surface area contributed by atoms with Crippen molar-refractivity contribution < 1.29 is 19.1 Å². The molecule has 0 fully saturated rings. The summed E-state index contributed by atoms with van der Waals surface area (Å²) in [5.41, 5.74) is 1.54. The number of carbonyl (C=O) groups excluding carboxylic acids is 2. The lowest BCUT2D eigenvalue weighted by molar-refractivity contribution is -0.138. The first-order valence-electron chi connectivity index (χ1n) is 7.17. The van der Waals surface area contributed by atoms with Crippen LogP contribution >= 0.6 is 0 Å². The molecule has 0 radical (unpaired) electrons. The predicted octanol–water partition coefficient (Wildman–Crippen LogP) is 1.49. The molecule has 0 aromatic heterocycles. The van der Waals surface area contributed by atoms with E-state index in [1.807, 2.05) is 13.8 Å². The normalized spacial score (nSPS) is 11.8. The van der Waals surface area contributed by atoms with Crippen LogP contribution in [-0.4, -0.2) is 38.2 Å². The summed E-state index contributed by atoms with van der Waals surface area (Å²) in [4.78, 5) is 22.4. The number of esters is 2. The molecular weight excluding hydrogens is 272 g/mol. The fourth-order valence-corrected chi connectivity index (χ4v) is 1.48. The zero-order chi connectivity index (χ0) is 16.1. The highest BCUT2D eigenvalue weighted by Crippen LogP contribution is 1.92. The van der Waals surface area contributed by atoms with Gasteiger partial charge in [0.25, 0.3) is 0 Å². The van der Waals surface area contributed by atoms with Crippen molar-refractivity contribution in [3.63, 3.8) is 0 Å². The summed E-state index contributed by atoms with van der Waals surface area (Å²) in [6, 6.07) is 0. The van der Waals surface area contributed by atoms with E-state index in [0.29, 0.717) is 13.2 Å². The molecule has 0 aromatic rings. The van der Waals surface area contributed by atoms with Crippen molar-refractivity contribution in [2.45, 2.75) is 34.1 Å². The van der Waals surface area contributed by atoms with E-state index in [0.717, 1.165) is 30.9 Å². The minimum atomic E-state index is -0.339. The summed E-state index contributed by atoms with van der Waals surface area (Å²) in [6.45, 7) is 9.37. The van der Waals surface area contributed by atoms with Gasteiger partial charge in [-0.05, 0) is 34.1 Å². The lowest BCUT2D eigenvalue weighted by Crippen LogP contribution is -2.21. The minimum Gasteiger partial charge on any atom is -0.463 e. The molecule has 0 atom stereocenters. The summed E-state index contributed by atoms with van der Waals surface area (Å²) in [6.07, 6.45) is 3.72. The maximum atomic E-state index is 11.2. The van der Waals surface area contributed by atoms with Gasteiger partial charge in [0.1, 0.15) is 0 Å². The molecular formula is C15H26N2O4. The smallest absolute Gasteiger partial charge is 0.332 e. The van der Waals surface area contributed by atoms with Gasteiger partial charge >= 0.3 is 11.9 Å². The van der Waals surface area contributed by atoms with Gasteiger partial charge in [-0.2, -0.15) is 0 Å². The van der Waals surface area contributed by atoms with Crippen LogP contribution in [0, 0.1) is 0 Å². The molecule has 0 rings (SSSR count). The number of nitrogens with one attached hydrogen (secondary N) is 2. The highest BCUT2D eigenvalue weighted by atomic mass is 16.5. The number of hydrogen-bond donors (Lipinski definition) is 2. The van der Waals surface area contributed by atoms with Gasteiger partial charge in [0, 0.05) is 36.6 Å². The van der Waals surface area contributed by atoms with Gasteiger partial charge in [0.05, 0.1) is 13.2 Å². The Hall–Kier alpha value is -1.98. The minimum absolute atomic E-state index is 0.339. The quantitative estimate of drug-likeness (QED) is 0.361. The molecule has 21 heavy (non-hydrogen) atoms. The first-order valence-corrected chi connectivity index (χ1v) is 7.17. The van der Waals surface area contributed by atoms with Crippen molar-refractivity contribution in [3.8, 4) is 0 Å². The molecule has 0 aliphatic rings. The van der Waals surface area contributed by atoms with Crippen molar-refractivity contribution in [3.05, 3.63) is 23.5 Å². The molecule has 2 N–H and O–H groups in total. The van der Waals surface area contributed by atoms with E-state index >= 15 is 0 Å². The van der Waals surface area contributed by atoms with Gasteiger partial charge in [0.15, 0.2) is 0 Å². The zero-order valence-corrected chi connectivity index (χ0v) is 13.3. The third kappa shape index (κ3) is 11.5. The molecule has 0 aliphatic heterocycles. The largest absolute Gasteiger partial charge is 0.463 e. The molecule has 0 unspecified atom stereocenters. The third-order valence-corrected chi connectivity index (χ3v) is 2.40. The number of hydrogen-bond acceptors (Lipinski definition) is 6. The van der Waals surface area contributed by atoms with Crippen molar-refractivity contribution in [1.82, 2.24) is 10.6 Å². The van der Waals surface area contributed by atoms with Crippen LogP contribution in [0.25, 0.3) is 0 Å². The van der Waals surface area contributed by atoms with Crippen LogP contribution in [0.5, 0.6) is 0 Å². The highest BCUT2D eigenvalue weighted by molar-refractivity contribution is 5.82. The molecule has 120 valence electrons. The average molecular weight is 298 g/mol. The Kier molecular flexibility index (Phi) is 10.7. The van der Waals surface area contributed by atoms with Crippen molar-refractivity contribution in [2.24, 2.45) is 0 Å². The Morgan fingerprint density at radius 1 is 0.857 bits per heavy atom. The van der Waals surface area contributed by atoms with Gasteiger partial charge in [0.2, 0.25) is 0 Å². The van der Waals surface area contributed by atoms with Crippen LogP contribution in [0.3, 0.4) is 0 Å². The monoisotopic (exact) mass is 298 g/mol. The fraction of sp³-hybridized carbons (Fsp3) is 0.600. The summed E-state index contributed by atoms with van der Waals surface area (Å²) in [5.74, 6) is -0.678. The van der Waals surface area contributed by atoms with Gasteiger partial charge in [-0.3, -0.25) is 0 Å². The highest BCUT2D eigenvalue weighted by Gasteiger charge is 1.99. The van der Waals surface area contributed by atoms with Crippen LogP contribution in [0.4, 0.5) is 0 Å². The molecule has 0 bridgehead atoms. The van der Waals surface area contributed by atoms with Crippen molar-refractivity contribution >= 4 is 11.9 Å². The molecule has 0 aliphatic carbocycles. The first kappa shape index (κ1) is 19.0. The van der Waals surface area contributed by atoms with Crippen LogP contribution < -0.4 is 10.6 Å². The number of rotatable bonds is 10. The van der Waals surface area contributed by atoms with E-state index in [2.05, 4.69) is 10.6 Å². The third-order valence-electron chi connectivity index (χ3n) is 2.40. The van der Waals surface area contributed by atoms with E-state index in [4.69, 9.17) is 9.47 Å². The molecule has 6 heteroatoms. The second kappa shape index (κ2) is 11.8. The Morgan fingerprint density at radius 3 is 1.57 bits per heavy atom. The Balaban J connectivity index is 3.81. The molecule has 0 amide bonds. The van der Waals surface area contributed by atoms with Gasteiger partial charge in [-0.15, -0.1) is 0 Å². The van der Waals surface area contributed by atoms with E-state index in [1.54, 1.807) is 13.8 Å². The maximum Gasteiger partial charge on any atom is 0.332 e. The van der Waals surface area contributed by atoms with E-state index < -0.39 is 0 Å². The van der Waals surface area contributed by atoms with E-state index in [9.17, 15) is 9.59 Å². The first-order chi connectivity index (χ1) is 9.99. The second-order valence-corrected chi connectivity index (χ2v) is 4.37. The predicted molar refractivity (Wildman–Crippen MR) is 81.4 cm³/mol. The summed E-state index contributed by atoms with van der Waals surface area (Å²) < 4.78 is 9.62. The lowest BCUT2D eigenvalue weighted by Gasteiger charge is -2.08. The number of carbonyl (C=O) groups is 2. The Morgan fingerprint density at radius 2 is 1.24 bits per heavy atom. The standard InChI is InChI=1S/C15H26N2O4/c1-5-20-14(18)10-12(3)16-8-7-9-17-13(4)11-15(19)21-6-2/h10-11,16-17H,5-9H2,1-4H3/b12-10-,13-11-. The van der Waals surface area contributed by atoms with Crippen molar-refractivity contribution in [1.29, 1.82) is 0 Å². The van der Waals surface area contributed by atoms with Crippen molar-refractivity contribution in [2.75, 3.05) is 26.3 Å². The number of ether oxygens (including phenoxy) is 2. The topological polar surface area (TPSA) is 76.7 Å². The fourth-order valence-electron chi connectivity index (χ4n) is 1.48. The molecule has 0 aromatic carbocycles. The zero-order valence-electron chi connectivity index (χ0n) is 13.3.